The highest BCUT2D eigenvalue weighted by Gasteiger charge is 2.23. The fourth-order valence-electron chi connectivity index (χ4n) is 1.27. The molecule has 0 bridgehead atoms. The van der Waals surface area contributed by atoms with E-state index in [9.17, 15) is 4.79 Å². The third-order valence-corrected chi connectivity index (χ3v) is 1.71. The van der Waals surface area contributed by atoms with Gasteiger partial charge in [-0.05, 0) is 13.3 Å². The van der Waals surface area contributed by atoms with Crippen LogP contribution in [0.1, 0.15) is 13.3 Å². The van der Waals surface area contributed by atoms with Crippen LogP contribution in [0.3, 0.4) is 0 Å². The van der Waals surface area contributed by atoms with Gasteiger partial charge in [0.1, 0.15) is 0 Å². The number of aliphatic hydroxyl groups excluding tert-OH is 1. The van der Waals surface area contributed by atoms with Crippen LogP contribution in [0.15, 0.2) is 0 Å². The molecule has 1 aliphatic heterocycles. The smallest absolute Gasteiger partial charge is 0.313 e. The molecular weight excluding hydrogens is 160 g/mol. The summed E-state index contributed by atoms with van der Waals surface area (Å²) in [5.41, 5.74) is 4.92. The van der Waals surface area contributed by atoms with E-state index in [-0.39, 0.29) is 12.2 Å². The lowest BCUT2D eigenvalue weighted by atomic mass is 10.1. The van der Waals surface area contributed by atoms with Crippen molar-refractivity contribution < 1.29 is 9.90 Å². The van der Waals surface area contributed by atoms with Gasteiger partial charge in [0, 0.05) is 6.04 Å². The number of nitrogens with one attached hydrogen (secondary N) is 3. The van der Waals surface area contributed by atoms with Gasteiger partial charge < -0.3 is 16.2 Å². The van der Waals surface area contributed by atoms with Crippen LogP contribution in [-0.4, -0.2) is 29.7 Å². The quantitative estimate of drug-likeness (QED) is 0.325. The number of hydrogen-bond acceptors (Lipinski definition) is 4. The third kappa shape index (κ3) is 2.65. The molecule has 70 valence electrons. The second kappa shape index (κ2) is 3.70. The molecule has 1 aliphatic rings. The number of carbonyl (C=O) groups is 1. The van der Waals surface area contributed by atoms with E-state index in [2.05, 4.69) is 16.0 Å². The minimum absolute atomic E-state index is 0.151. The Balaban J connectivity index is 2.38. The van der Waals surface area contributed by atoms with Crippen molar-refractivity contribution in [3.05, 3.63) is 0 Å². The minimum atomic E-state index is -0.786. The molecule has 0 spiro atoms. The number of hydrogen-bond donors (Lipinski definition) is 5. The molecule has 0 radical (unpaired) electrons. The molecule has 1 rings (SSSR count). The molecule has 1 heterocycles. The molecule has 0 aromatic heterocycles. The summed E-state index contributed by atoms with van der Waals surface area (Å²) in [6, 6.07) is -0.438. The molecule has 0 aromatic carbocycles. The maximum absolute atomic E-state index is 10.4. The van der Waals surface area contributed by atoms with E-state index in [1.165, 1.54) is 0 Å². The van der Waals surface area contributed by atoms with Crippen LogP contribution in [-0.2, 0) is 0 Å². The van der Waals surface area contributed by atoms with Crippen molar-refractivity contribution in [2.75, 3.05) is 0 Å². The van der Waals surface area contributed by atoms with E-state index in [1.807, 2.05) is 6.92 Å². The number of nitrogens with two attached hydrogens (primary N) is 1. The Hall–Kier alpha value is -0.850. The van der Waals surface area contributed by atoms with Gasteiger partial charge in [-0.2, -0.15) is 0 Å². The van der Waals surface area contributed by atoms with Gasteiger partial charge in [-0.25, -0.2) is 4.79 Å². The maximum atomic E-state index is 10.4. The Morgan fingerprint density at radius 3 is 2.83 bits per heavy atom. The highest BCUT2D eigenvalue weighted by atomic mass is 16.3. The summed E-state index contributed by atoms with van der Waals surface area (Å²) in [5.74, 6) is 0. The van der Waals surface area contributed by atoms with Crippen LogP contribution in [0, 0.1) is 0 Å². The predicted molar refractivity (Wildman–Crippen MR) is 42.9 cm³/mol. The number of amides is 2. The molecule has 6 heteroatoms. The lowest BCUT2D eigenvalue weighted by Crippen LogP contribution is -2.63. The van der Waals surface area contributed by atoms with Gasteiger partial charge in [0.25, 0.3) is 0 Å². The van der Waals surface area contributed by atoms with E-state index in [1.54, 1.807) is 0 Å². The van der Waals surface area contributed by atoms with Crippen molar-refractivity contribution in [3.8, 4) is 0 Å². The first-order valence-corrected chi connectivity index (χ1v) is 3.84. The highest BCUT2D eigenvalue weighted by molar-refractivity contribution is 5.71. The molecule has 3 atom stereocenters. The molecule has 1 fully saturated rings. The van der Waals surface area contributed by atoms with Crippen molar-refractivity contribution in [2.45, 2.75) is 31.9 Å². The zero-order chi connectivity index (χ0) is 9.14. The molecule has 0 saturated carbocycles. The fraction of sp³-hybridized carbons (Fsp3) is 0.833. The van der Waals surface area contributed by atoms with Crippen LogP contribution in [0.4, 0.5) is 4.79 Å². The zero-order valence-corrected chi connectivity index (χ0v) is 6.87. The van der Waals surface area contributed by atoms with Crippen molar-refractivity contribution in [3.63, 3.8) is 0 Å². The van der Waals surface area contributed by atoms with Gasteiger partial charge in [-0.15, -0.1) is 0 Å². The number of urea groups is 1. The fourth-order valence-corrected chi connectivity index (χ4v) is 1.27. The van der Waals surface area contributed by atoms with Gasteiger partial charge in [-0.3, -0.25) is 10.6 Å². The van der Waals surface area contributed by atoms with Gasteiger partial charge in [0.2, 0.25) is 0 Å². The van der Waals surface area contributed by atoms with E-state index in [0.29, 0.717) is 6.42 Å². The molecular formula is C6H14N4O2. The van der Waals surface area contributed by atoms with Gasteiger partial charge in [0.15, 0.2) is 6.35 Å². The van der Waals surface area contributed by atoms with E-state index < -0.39 is 12.4 Å². The Morgan fingerprint density at radius 1 is 1.67 bits per heavy atom. The summed E-state index contributed by atoms with van der Waals surface area (Å²) in [4.78, 5) is 10.4. The first-order valence-electron chi connectivity index (χ1n) is 3.84. The number of rotatable bonds is 1. The summed E-state index contributed by atoms with van der Waals surface area (Å²) >= 11 is 0. The summed E-state index contributed by atoms with van der Waals surface area (Å²) < 4.78 is 0. The Labute approximate surface area is 70.5 Å². The Bertz CT molecular complexity index is 165. The van der Waals surface area contributed by atoms with Crippen LogP contribution in [0.2, 0.25) is 0 Å². The molecule has 12 heavy (non-hydrogen) atoms. The molecule has 0 aliphatic carbocycles. The molecule has 6 N–H and O–H groups in total. The number of aliphatic hydroxyl groups is 1. The Morgan fingerprint density at radius 2 is 2.33 bits per heavy atom. The van der Waals surface area contributed by atoms with Gasteiger partial charge in [-0.1, -0.05) is 0 Å². The average Bonchev–Trinajstić information content (AvgIpc) is 1.81. The summed E-state index contributed by atoms with van der Waals surface area (Å²) in [7, 11) is 0. The summed E-state index contributed by atoms with van der Waals surface area (Å²) in [6.45, 7) is 1.92. The lowest BCUT2D eigenvalue weighted by Gasteiger charge is -2.33. The third-order valence-electron chi connectivity index (χ3n) is 1.71. The van der Waals surface area contributed by atoms with Crippen molar-refractivity contribution >= 4 is 6.03 Å². The summed E-state index contributed by atoms with van der Waals surface area (Å²) in [6.07, 6.45) is -0.348. The van der Waals surface area contributed by atoms with Crippen molar-refractivity contribution in [1.82, 2.24) is 16.0 Å². The molecule has 1 saturated heterocycles. The topological polar surface area (TPSA) is 99.4 Å². The second-order valence-electron chi connectivity index (χ2n) is 2.93. The van der Waals surface area contributed by atoms with Crippen molar-refractivity contribution in [1.29, 1.82) is 0 Å². The normalized spacial score (nSPS) is 36.0. The van der Waals surface area contributed by atoms with Crippen LogP contribution < -0.4 is 21.7 Å². The van der Waals surface area contributed by atoms with Gasteiger partial charge in [0.05, 0.1) is 6.17 Å². The van der Waals surface area contributed by atoms with Gasteiger partial charge >= 0.3 is 6.03 Å². The van der Waals surface area contributed by atoms with Crippen molar-refractivity contribution in [2.24, 2.45) is 5.73 Å². The second-order valence-corrected chi connectivity index (χ2v) is 2.93. The maximum Gasteiger partial charge on any atom is 0.313 e. The Kier molecular flexibility index (Phi) is 2.85. The molecule has 3 unspecified atom stereocenters. The first-order chi connectivity index (χ1) is 5.58. The average molecular weight is 174 g/mol. The molecule has 6 nitrogen and oxygen atoms in total. The van der Waals surface area contributed by atoms with E-state index in [4.69, 9.17) is 10.8 Å². The summed E-state index contributed by atoms with van der Waals surface area (Å²) in [5, 5.41) is 17.2. The molecule has 2 amide bonds. The van der Waals surface area contributed by atoms with Crippen LogP contribution >= 0.6 is 0 Å². The number of primary amides is 1. The van der Waals surface area contributed by atoms with Crippen LogP contribution in [0.5, 0.6) is 0 Å². The van der Waals surface area contributed by atoms with Crippen LogP contribution in [0.25, 0.3) is 0 Å². The lowest BCUT2D eigenvalue weighted by molar-refractivity contribution is 0.0423. The SMILES string of the molecule is CC1CC(NC(N)=O)NC(O)N1. The first kappa shape index (κ1) is 9.24. The minimum Gasteiger partial charge on any atom is -0.365 e. The monoisotopic (exact) mass is 174 g/mol. The highest BCUT2D eigenvalue weighted by Crippen LogP contribution is 2.01. The standard InChI is InChI=1S/C6H14N4O2/c1-3-2-4(9-5(7)11)10-6(12)8-3/h3-4,6,8,10,12H,2H2,1H3,(H3,7,9,11). The number of carbonyl (C=O) groups excluding carboxylic acids is 1. The molecule has 0 aromatic rings. The zero-order valence-electron chi connectivity index (χ0n) is 6.87. The van der Waals surface area contributed by atoms with E-state index in [0.717, 1.165) is 0 Å². The predicted octanol–water partition coefficient (Wildman–Crippen LogP) is -1.77. The van der Waals surface area contributed by atoms with E-state index >= 15 is 0 Å². The largest absolute Gasteiger partial charge is 0.365 e.